The predicted octanol–water partition coefficient (Wildman–Crippen LogP) is 2.59. The lowest BCUT2D eigenvalue weighted by Crippen LogP contribution is -2.51. The Morgan fingerprint density at radius 1 is 1.11 bits per heavy atom. The molecule has 2 atom stereocenters. The summed E-state index contributed by atoms with van der Waals surface area (Å²) in [6.07, 6.45) is 1.34. The molecule has 1 aromatic heterocycles. The lowest BCUT2D eigenvalue weighted by atomic mass is 10.0. The number of likely N-dealkylation sites (N-methyl/N-ethyl adjacent to an activating group) is 1. The van der Waals surface area contributed by atoms with Crippen molar-refractivity contribution in [3.8, 4) is 12.1 Å². The Labute approximate surface area is 224 Å². The first-order chi connectivity index (χ1) is 18.7. The van der Waals surface area contributed by atoms with Gasteiger partial charge in [0.05, 0.1) is 44.0 Å². The third-order valence-corrected chi connectivity index (χ3v) is 7.95. The number of hydrogen-bond donors (Lipinski definition) is 1. The zero-order chi connectivity index (χ0) is 25.9. The smallest absolute Gasteiger partial charge is 0.318 e. The summed E-state index contributed by atoms with van der Waals surface area (Å²) in [5.41, 5.74) is 3.45. The van der Waals surface area contributed by atoms with Gasteiger partial charge in [-0.1, -0.05) is 36.4 Å². The highest BCUT2D eigenvalue weighted by atomic mass is 16.5. The number of fused-ring (bicyclic) bond motifs is 2. The molecule has 0 spiro atoms. The first-order valence-electron chi connectivity index (χ1n) is 13.6. The number of ether oxygens (including phenoxy) is 2. The summed E-state index contributed by atoms with van der Waals surface area (Å²) in [6.45, 7) is 6.81. The average Bonchev–Trinajstić information content (AvgIpc) is 2.96. The minimum atomic E-state index is 0.132. The molecule has 2 fully saturated rings. The van der Waals surface area contributed by atoms with E-state index >= 15 is 0 Å². The molecule has 3 aromatic rings. The highest BCUT2D eigenvalue weighted by Crippen LogP contribution is 2.34. The Morgan fingerprint density at radius 2 is 2.00 bits per heavy atom. The van der Waals surface area contributed by atoms with Crippen molar-refractivity contribution < 1.29 is 9.47 Å². The van der Waals surface area contributed by atoms with Gasteiger partial charge in [0, 0.05) is 55.4 Å². The van der Waals surface area contributed by atoms with Crippen LogP contribution in [0.25, 0.3) is 10.8 Å². The molecule has 9 heteroatoms. The van der Waals surface area contributed by atoms with Gasteiger partial charge in [0.2, 0.25) is 0 Å². The third kappa shape index (κ3) is 5.12. The molecule has 2 saturated heterocycles. The molecule has 38 heavy (non-hydrogen) atoms. The van der Waals surface area contributed by atoms with Gasteiger partial charge in [-0.2, -0.15) is 15.2 Å². The van der Waals surface area contributed by atoms with Crippen molar-refractivity contribution in [3.05, 3.63) is 53.7 Å². The van der Waals surface area contributed by atoms with Crippen molar-refractivity contribution in [1.29, 1.82) is 5.26 Å². The Kier molecular flexibility index (Phi) is 7.27. The predicted molar refractivity (Wildman–Crippen MR) is 148 cm³/mol. The summed E-state index contributed by atoms with van der Waals surface area (Å²) in [4.78, 5) is 16.9. The summed E-state index contributed by atoms with van der Waals surface area (Å²) in [5.74, 6) is 0.959. The van der Waals surface area contributed by atoms with Crippen LogP contribution in [0, 0.1) is 11.3 Å². The molecule has 9 nitrogen and oxygen atoms in total. The lowest BCUT2D eigenvalue weighted by Gasteiger charge is -2.37. The minimum Gasteiger partial charge on any atom is -0.462 e. The van der Waals surface area contributed by atoms with Crippen molar-refractivity contribution in [1.82, 2.24) is 20.2 Å². The van der Waals surface area contributed by atoms with Crippen molar-refractivity contribution in [2.75, 3.05) is 69.4 Å². The van der Waals surface area contributed by atoms with E-state index in [4.69, 9.17) is 19.4 Å². The van der Waals surface area contributed by atoms with Gasteiger partial charge < -0.3 is 24.6 Å². The van der Waals surface area contributed by atoms with Crippen molar-refractivity contribution in [2.24, 2.45) is 0 Å². The maximum absolute atomic E-state index is 9.27. The molecule has 198 valence electrons. The van der Waals surface area contributed by atoms with Crippen LogP contribution < -0.4 is 19.9 Å². The molecule has 1 N–H and O–H groups in total. The van der Waals surface area contributed by atoms with Gasteiger partial charge in [-0.3, -0.25) is 4.90 Å². The molecule has 2 aromatic carbocycles. The molecule has 0 aliphatic carbocycles. The van der Waals surface area contributed by atoms with E-state index in [2.05, 4.69) is 75.6 Å². The maximum atomic E-state index is 9.27. The summed E-state index contributed by atoms with van der Waals surface area (Å²) in [6, 6.07) is 18.1. The standard InChI is InChI=1S/C29H35N7O2/c1-34-15-16-37-19-23(34)20-38-29-32-26-18-35(27-8-4-6-21-5-2-3-7-24(21)27)13-10-25(26)28(33-29)36-14-12-31-22(17-36)9-11-30/h2-8,22-23,31H,9-10,12-20H2,1H3/t22?,23-/m0/s1. The van der Waals surface area contributed by atoms with Gasteiger partial charge in [0.15, 0.2) is 0 Å². The van der Waals surface area contributed by atoms with E-state index in [-0.39, 0.29) is 12.1 Å². The number of nitrogens with one attached hydrogen (secondary N) is 1. The lowest BCUT2D eigenvalue weighted by molar-refractivity contribution is -0.0120. The molecule has 3 aliphatic rings. The number of aromatic nitrogens is 2. The Balaban J connectivity index is 1.31. The van der Waals surface area contributed by atoms with Crippen LogP contribution >= 0.6 is 0 Å². The second-order valence-electron chi connectivity index (χ2n) is 10.4. The fourth-order valence-corrected chi connectivity index (χ4v) is 5.75. The zero-order valence-electron chi connectivity index (χ0n) is 22.0. The molecule has 1 unspecified atom stereocenters. The van der Waals surface area contributed by atoms with Crippen LogP contribution in [0.1, 0.15) is 17.7 Å². The number of nitrogens with zero attached hydrogens (tertiary/aromatic N) is 6. The molecule has 0 bridgehead atoms. The van der Waals surface area contributed by atoms with Gasteiger partial charge in [-0.15, -0.1) is 0 Å². The number of benzene rings is 2. The number of piperazine rings is 1. The number of nitriles is 1. The molecule has 3 aliphatic heterocycles. The monoisotopic (exact) mass is 513 g/mol. The molecule has 0 saturated carbocycles. The van der Waals surface area contributed by atoms with E-state index in [1.165, 1.54) is 22.0 Å². The van der Waals surface area contributed by atoms with Gasteiger partial charge in [-0.05, 0) is 24.9 Å². The topological polar surface area (TPSA) is 89.8 Å². The normalized spacial score (nSPS) is 22.2. The number of rotatable bonds is 6. The van der Waals surface area contributed by atoms with Crippen LogP contribution in [0.15, 0.2) is 42.5 Å². The maximum Gasteiger partial charge on any atom is 0.318 e. The Morgan fingerprint density at radius 3 is 2.89 bits per heavy atom. The van der Waals surface area contributed by atoms with Crippen molar-refractivity contribution >= 4 is 22.3 Å². The highest BCUT2D eigenvalue weighted by molar-refractivity contribution is 5.94. The quantitative estimate of drug-likeness (QED) is 0.534. The second kappa shape index (κ2) is 11.1. The molecular formula is C29H35N7O2. The largest absolute Gasteiger partial charge is 0.462 e. The van der Waals surface area contributed by atoms with E-state index in [0.29, 0.717) is 32.2 Å². The molecule has 6 rings (SSSR count). The van der Waals surface area contributed by atoms with Crippen molar-refractivity contribution in [2.45, 2.75) is 31.5 Å². The number of morpholine rings is 1. The fraction of sp³-hybridized carbons (Fsp3) is 0.483. The number of hydrogen-bond acceptors (Lipinski definition) is 9. The SMILES string of the molecule is CN1CCOC[C@H]1COc1nc2c(c(N3CCNC(CC#N)C3)n1)CCN(c1cccc3ccccc13)C2. The molecule has 0 radical (unpaired) electrons. The van der Waals surface area contributed by atoms with Gasteiger partial charge >= 0.3 is 6.01 Å². The highest BCUT2D eigenvalue weighted by Gasteiger charge is 2.29. The third-order valence-electron chi connectivity index (χ3n) is 7.95. The second-order valence-corrected chi connectivity index (χ2v) is 10.4. The van der Waals surface area contributed by atoms with Crippen LogP contribution in [0.5, 0.6) is 6.01 Å². The van der Waals surface area contributed by atoms with E-state index in [1.54, 1.807) is 0 Å². The summed E-state index contributed by atoms with van der Waals surface area (Å²) >= 11 is 0. The summed E-state index contributed by atoms with van der Waals surface area (Å²) < 4.78 is 11.9. The van der Waals surface area contributed by atoms with Crippen molar-refractivity contribution in [3.63, 3.8) is 0 Å². The van der Waals surface area contributed by atoms with Gasteiger partial charge in [-0.25, -0.2) is 0 Å². The summed E-state index contributed by atoms with van der Waals surface area (Å²) in [5, 5.41) is 15.2. The van der Waals surface area contributed by atoms with Crippen LogP contribution in [0.4, 0.5) is 11.5 Å². The average molecular weight is 514 g/mol. The van der Waals surface area contributed by atoms with Crippen LogP contribution in [-0.4, -0.2) is 86.5 Å². The molecule has 4 heterocycles. The van der Waals surface area contributed by atoms with Crippen LogP contribution in [0.2, 0.25) is 0 Å². The number of anilines is 2. The first-order valence-corrected chi connectivity index (χ1v) is 13.6. The van der Waals surface area contributed by atoms with Gasteiger partial charge in [0.1, 0.15) is 12.4 Å². The first kappa shape index (κ1) is 24.9. The molecular weight excluding hydrogens is 478 g/mol. The Bertz CT molecular complexity index is 1320. The van der Waals surface area contributed by atoms with E-state index in [0.717, 1.165) is 57.3 Å². The van der Waals surface area contributed by atoms with E-state index in [1.807, 2.05) is 0 Å². The Hall–Kier alpha value is -3.45. The fourth-order valence-electron chi connectivity index (χ4n) is 5.75. The summed E-state index contributed by atoms with van der Waals surface area (Å²) in [7, 11) is 2.10. The van der Waals surface area contributed by atoms with E-state index in [9.17, 15) is 5.26 Å². The zero-order valence-corrected chi connectivity index (χ0v) is 22.0. The van der Waals surface area contributed by atoms with Crippen LogP contribution in [-0.2, 0) is 17.7 Å². The van der Waals surface area contributed by atoms with E-state index < -0.39 is 0 Å². The van der Waals surface area contributed by atoms with Gasteiger partial charge in [0.25, 0.3) is 0 Å². The minimum absolute atomic E-state index is 0.132. The molecule has 0 amide bonds. The van der Waals surface area contributed by atoms with Crippen LogP contribution in [0.3, 0.4) is 0 Å².